The Morgan fingerprint density at radius 2 is 1.91 bits per heavy atom. The average molecular weight is 357 g/mol. The van der Waals surface area contributed by atoms with E-state index in [9.17, 15) is 8.42 Å². The summed E-state index contributed by atoms with van der Waals surface area (Å²) < 4.78 is 23.1. The van der Waals surface area contributed by atoms with E-state index in [1.54, 1.807) is 0 Å². The molecule has 0 aliphatic carbocycles. The van der Waals surface area contributed by atoms with E-state index in [1.807, 2.05) is 11.3 Å². The van der Waals surface area contributed by atoms with E-state index < -0.39 is 9.84 Å². The number of rotatable bonds is 5. The van der Waals surface area contributed by atoms with E-state index in [1.165, 1.54) is 42.8 Å². The highest BCUT2D eigenvalue weighted by Crippen LogP contribution is 2.23. The first-order chi connectivity index (χ1) is 11.0. The Balaban J connectivity index is 1.50. The summed E-state index contributed by atoms with van der Waals surface area (Å²) in [5, 5.41) is 2.29. The van der Waals surface area contributed by atoms with Gasteiger partial charge in [0.1, 0.15) is 9.84 Å². The van der Waals surface area contributed by atoms with Crippen molar-refractivity contribution in [2.45, 2.75) is 51.2 Å². The Bertz CT molecular complexity index is 592. The van der Waals surface area contributed by atoms with Crippen molar-refractivity contribution in [1.29, 1.82) is 0 Å². The summed E-state index contributed by atoms with van der Waals surface area (Å²) in [5.41, 5.74) is 1.44. The third kappa shape index (κ3) is 5.02. The zero-order chi connectivity index (χ0) is 16.3. The number of hydrogen-bond donors (Lipinski definition) is 0. The molecule has 2 saturated heterocycles. The van der Waals surface area contributed by atoms with Crippen LogP contribution in [0.15, 0.2) is 11.4 Å². The number of sulfone groups is 1. The van der Waals surface area contributed by atoms with Gasteiger partial charge in [-0.3, -0.25) is 9.80 Å². The van der Waals surface area contributed by atoms with Crippen LogP contribution in [0.25, 0.3) is 0 Å². The van der Waals surface area contributed by atoms with Crippen LogP contribution in [0.4, 0.5) is 0 Å². The molecule has 0 saturated carbocycles. The van der Waals surface area contributed by atoms with Gasteiger partial charge in [-0.15, -0.1) is 11.3 Å². The number of piperidine rings is 1. The standard InChI is InChI=1S/C17H28N2O2S2/c1-18(16-5-9-23(20,21)10-6-16)13-17-11-15(14-22-17)12-19-7-3-2-4-8-19/h11,14,16H,2-10,12-13H2,1H3. The molecule has 2 aliphatic heterocycles. The molecule has 3 heterocycles. The Hall–Kier alpha value is -0.430. The normalized spacial score (nSPS) is 23.4. The van der Waals surface area contributed by atoms with Crippen LogP contribution in [0.2, 0.25) is 0 Å². The first-order valence-electron chi connectivity index (χ1n) is 8.71. The summed E-state index contributed by atoms with van der Waals surface area (Å²) in [6.07, 6.45) is 5.62. The SMILES string of the molecule is CN(Cc1cc(CN2CCCCC2)cs1)C1CCS(=O)(=O)CC1. The van der Waals surface area contributed by atoms with Crippen molar-refractivity contribution in [2.75, 3.05) is 31.6 Å². The first-order valence-corrected chi connectivity index (χ1v) is 11.4. The fourth-order valence-corrected chi connectivity index (χ4v) is 6.07. The quantitative estimate of drug-likeness (QED) is 0.813. The molecule has 0 aromatic carbocycles. The molecule has 0 amide bonds. The minimum Gasteiger partial charge on any atom is -0.299 e. The van der Waals surface area contributed by atoms with Crippen molar-refractivity contribution >= 4 is 21.2 Å². The van der Waals surface area contributed by atoms with Gasteiger partial charge in [-0.05, 0) is 62.8 Å². The predicted molar refractivity (Wildman–Crippen MR) is 96.6 cm³/mol. The van der Waals surface area contributed by atoms with Gasteiger partial charge in [0.25, 0.3) is 0 Å². The van der Waals surface area contributed by atoms with Gasteiger partial charge in [0.15, 0.2) is 0 Å². The van der Waals surface area contributed by atoms with Gasteiger partial charge in [-0.1, -0.05) is 6.42 Å². The molecule has 0 atom stereocenters. The fraction of sp³-hybridized carbons (Fsp3) is 0.765. The van der Waals surface area contributed by atoms with Crippen LogP contribution in [-0.2, 0) is 22.9 Å². The van der Waals surface area contributed by atoms with Gasteiger partial charge in [-0.2, -0.15) is 0 Å². The van der Waals surface area contributed by atoms with Gasteiger partial charge < -0.3 is 0 Å². The second-order valence-corrected chi connectivity index (χ2v) is 10.4. The number of hydrogen-bond acceptors (Lipinski definition) is 5. The summed E-state index contributed by atoms with van der Waals surface area (Å²) in [4.78, 5) is 6.30. The highest BCUT2D eigenvalue weighted by atomic mass is 32.2. The third-order valence-corrected chi connectivity index (χ3v) is 7.80. The van der Waals surface area contributed by atoms with E-state index in [4.69, 9.17) is 0 Å². The lowest BCUT2D eigenvalue weighted by Crippen LogP contribution is -2.38. The minimum absolute atomic E-state index is 0.354. The maximum Gasteiger partial charge on any atom is 0.150 e. The van der Waals surface area contributed by atoms with Crippen LogP contribution >= 0.6 is 11.3 Å². The zero-order valence-electron chi connectivity index (χ0n) is 14.0. The third-order valence-electron chi connectivity index (χ3n) is 5.12. The Morgan fingerprint density at radius 1 is 1.22 bits per heavy atom. The average Bonchev–Trinajstić information content (AvgIpc) is 2.95. The Labute approximate surface area is 144 Å². The van der Waals surface area contributed by atoms with E-state index in [2.05, 4.69) is 28.3 Å². The highest BCUT2D eigenvalue weighted by Gasteiger charge is 2.26. The number of likely N-dealkylation sites (tertiary alicyclic amines) is 1. The molecule has 0 bridgehead atoms. The van der Waals surface area contributed by atoms with Crippen LogP contribution < -0.4 is 0 Å². The molecule has 2 aliphatic rings. The van der Waals surface area contributed by atoms with E-state index in [0.717, 1.165) is 25.9 Å². The van der Waals surface area contributed by atoms with Crippen LogP contribution in [0.3, 0.4) is 0 Å². The molecule has 130 valence electrons. The van der Waals surface area contributed by atoms with Gasteiger partial charge in [0, 0.05) is 24.0 Å². The molecular weight excluding hydrogens is 328 g/mol. The summed E-state index contributed by atoms with van der Waals surface area (Å²) in [5.74, 6) is 0.708. The van der Waals surface area contributed by atoms with E-state index in [-0.39, 0.29) is 0 Å². The molecule has 0 spiro atoms. The molecule has 1 aromatic heterocycles. The van der Waals surface area contributed by atoms with Gasteiger partial charge >= 0.3 is 0 Å². The Kier molecular flexibility index (Phi) is 5.78. The zero-order valence-corrected chi connectivity index (χ0v) is 15.7. The molecule has 6 heteroatoms. The maximum absolute atomic E-state index is 11.5. The fourth-order valence-electron chi connectivity index (χ4n) is 3.66. The van der Waals surface area contributed by atoms with Crippen molar-refractivity contribution in [3.63, 3.8) is 0 Å². The monoisotopic (exact) mass is 356 g/mol. The molecule has 4 nitrogen and oxygen atoms in total. The molecule has 0 radical (unpaired) electrons. The molecule has 23 heavy (non-hydrogen) atoms. The summed E-state index contributed by atoms with van der Waals surface area (Å²) >= 11 is 1.84. The first kappa shape index (κ1) is 17.4. The molecule has 2 fully saturated rings. The van der Waals surface area contributed by atoms with E-state index in [0.29, 0.717) is 17.5 Å². The van der Waals surface area contributed by atoms with Crippen molar-refractivity contribution in [1.82, 2.24) is 9.80 Å². The van der Waals surface area contributed by atoms with Crippen LogP contribution in [-0.4, -0.2) is 55.9 Å². The summed E-state index contributed by atoms with van der Waals surface area (Å²) in [6, 6.07) is 2.75. The molecule has 0 unspecified atom stereocenters. The second kappa shape index (κ2) is 7.64. The van der Waals surface area contributed by atoms with Gasteiger partial charge in [0.2, 0.25) is 0 Å². The summed E-state index contributed by atoms with van der Waals surface area (Å²) in [7, 11) is -0.632. The molecule has 3 rings (SSSR count). The molecule has 1 aromatic rings. The molecule has 0 N–H and O–H groups in total. The maximum atomic E-state index is 11.5. The minimum atomic E-state index is -2.76. The highest BCUT2D eigenvalue weighted by molar-refractivity contribution is 7.91. The van der Waals surface area contributed by atoms with Crippen molar-refractivity contribution in [3.8, 4) is 0 Å². The van der Waals surface area contributed by atoms with Gasteiger partial charge in [0.05, 0.1) is 11.5 Å². The van der Waals surface area contributed by atoms with Crippen molar-refractivity contribution < 1.29 is 8.42 Å². The lowest BCUT2D eigenvalue weighted by Gasteiger charge is -2.30. The smallest absolute Gasteiger partial charge is 0.150 e. The van der Waals surface area contributed by atoms with Gasteiger partial charge in [-0.25, -0.2) is 8.42 Å². The topological polar surface area (TPSA) is 40.6 Å². The Morgan fingerprint density at radius 3 is 2.61 bits per heavy atom. The largest absolute Gasteiger partial charge is 0.299 e. The summed E-state index contributed by atoms with van der Waals surface area (Å²) in [6.45, 7) is 4.50. The number of nitrogens with zero attached hydrogens (tertiary/aromatic N) is 2. The van der Waals surface area contributed by atoms with E-state index >= 15 is 0 Å². The number of thiophene rings is 1. The van der Waals surface area contributed by atoms with Crippen LogP contribution in [0, 0.1) is 0 Å². The molecular formula is C17H28N2O2S2. The van der Waals surface area contributed by atoms with Crippen LogP contribution in [0.5, 0.6) is 0 Å². The lowest BCUT2D eigenvalue weighted by molar-refractivity contribution is 0.218. The predicted octanol–water partition coefficient (Wildman–Crippen LogP) is 2.74. The van der Waals surface area contributed by atoms with Crippen LogP contribution in [0.1, 0.15) is 42.5 Å². The lowest BCUT2D eigenvalue weighted by atomic mass is 10.1. The van der Waals surface area contributed by atoms with Crippen molar-refractivity contribution in [3.05, 3.63) is 21.9 Å². The second-order valence-electron chi connectivity index (χ2n) is 7.06. The van der Waals surface area contributed by atoms with Crippen molar-refractivity contribution in [2.24, 2.45) is 0 Å².